The van der Waals surface area contributed by atoms with Crippen molar-refractivity contribution in [2.75, 3.05) is 19.7 Å². The van der Waals surface area contributed by atoms with Crippen molar-refractivity contribution in [3.05, 3.63) is 11.9 Å². The highest BCUT2D eigenvalue weighted by Crippen LogP contribution is 2.22. The Labute approximate surface area is 111 Å². The number of carboxylic acid groups (broad SMARTS) is 1. The molecule has 0 aliphatic carbocycles. The summed E-state index contributed by atoms with van der Waals surface area (Å²) >= 11 is 0. The highest BCUT2D eigenvalue weighted by Gasteiger charge is 2.25. The minimum Gasteiger partial charge on any atom is -0.476 e. The minimum atomic E-state index is -1.05. The van der Waals surface area contributed by atoms with Gasteiger partial charge in [0.2, 0.25) is 0 Å². The van der Waals surface area contributed by atoms with Crippen LogP contribution in [0.5, 0.6) is 0 Å². The monoisotopic (exact) mass is 268 g/mol. The van der Waals surface area contributed by atoms with Crippen molar-refractivity contribution in [2.24, 2.45) is 5.92 Å². The summed E-state index contributed by atoms with van der Waals surface area (Å²) in [6.07, 6.45) is 3.98. The molecule has 2 atom stereocenters. The molecular weight excluding hydrogens is 248 g/mol. The number of aromatic nitrogens is 3. The summed E-state index contributed by atoms with van der Waals surface area (Å²) in [5, 5.41) is 19.4. The number of nitrogens with one attached hydrogen (secondary N) is 1. The lowest BCUT2D eigenvalue weighted by Crippen LogP contribution is -2.30. The maximum absolute atomic E-state index is 10.6. The molecule has 1 saturated heterocycles. The van der Waals surface area contributed by atoms with E-state index in [1.807, 2.05) is 0 Å². The van der Waals surface area contributed by atoms with Crippen LogP contribution < -0.4 is 5.32 Å². The Bertz CT molecular complexity index is 421. The fraction of sp³-hybridized carbons (Fsp3) is 0.750. The fourth-order valence-electron chi connectivity index (χ4n) is 2.36. The van der Waals surface area contributed by atoms with E-state index in [4.69, 9.17) is 9.84 Å². The van der Waals surface area contributed by atoms with Gasteiger partial charge in [0, 0.05) is 19.7 Å². The zero-order valence-corrected chi connectivity index (χ0v) is 11.1. The normalized spacial score (nSPS) is 22.8. The first-order valence-corrected chi connectivity index (χ1v) is 6.66. The molecule has 2 unspecified atom stereocenters. The number of hydrogen-bond acceptors (Lipinski definition) is 5. The largest absolute Gasteiger partial charge is 0.476 e. The zero-order valence-electron chi connectivity index (χ0n) is 11.1. The molecule has 1 fully saturated rings. The number of aromatic carboxylic acids is 1. The molecule has 19 heavy (non-hydrogen) atoms. The van der Waals surface area contributed by atoms with Crippen molar-refractivity contribution in [1.29, 1.82) is 0 Å². The molecule has 106 valence electrons. The number of hydrogen-bond donors (Lipinski definition) is 2. The summed E-state index contributed by atoms with van der Waals surface area (Å²) in [6.45, 7) is 5.29. The van der Waals surface area contributed by atoms with Gasteiger partial charge in [-0.2, -0.15) is 0 Å². The van der Waals surface area contributed by atoms with Crippen LogP contribution in [0.1, 0.15) is 30.3 Å². The van der Waals surface area contributed by atoms with Crippen LogP contribution in [0.3, 0.4) is 0 Å². The summed E-state index contributed by atoms with van der Waals surface area (Å²) in [5.41, 5.74) is -0.0183. The first-order chi connectivity index (χ1) is 9.20. The molecule has 1 aromatic heterocycles. The van der Waals surface area contributed by atoms with Crippen LogP contribution in [0.2, 0.25) is 0 Å². The van der Waals surface area contributed by atoms with Crippen LogP contribution in [0, 0.1) is 5.92 Å². The molecule has 0 amide bonds. The van der Waals surface area contributed by atoms with E-state index in [0.29, 0.717) is 18.6 Å². The summed E-state index contributed by atoms with van der Waals surface area (Å²) in [7, 11) is 0. The van der Waals surface area contributed by atoms with E-state index in [0.717, 1.165) is 32.5 Å². The van der Waals surface area contributed by atoms with Gasteiger partial charge in [0.25, 0.3) is 0 Å². The Morgan fingerprint density at radius 2 is 2.53 bits per heavy atom. The predicted molar refractivity (Wildman–Crippen MR) is 68.0 cm³/mol. The van der Waals surface area contributed by atoms with Gasteiger partial charge in [-0.3, -0.25) is 4.68 Å². The van der Waals surface area contributed by atoms with Gasteiger partial charge in [0.1, 0.15) is 0 Å². The van der Waals surface area contributed by atoms with Crippen molar-refractivity contribution in [2.45, 2.75) is 32.4 Å². The fourth-order valence-corrected chi connectivity index (χ4v) is 2.36. The van der Waals surface area contributed by atoms with E-state index in [1.165, 1.54) is 6.20 Å². The molecule has 0 spiro atoms. The predicted octanol–water partition coefficient (Wildman–Crippen LogP) is 0.381. The molecule has 0 saturated carbocycles. The number of rotatable bonds is 7. The van der Waals surface area contributed by atoms with Crippen LogP contribution >= 0.6 is 0 Å². The lowest BCUT2D eigenvalue weighted by atomic mass is 10.00. The number of carbonyl (C=O) groups is 1. The van der Waals surface area contributed by atoms with Gasteiger partial charge < -0.3 is 15.2 Å². The van der Waals surface area contributed by atoms with E-state index >= 15 is 0 Å². The maximum Gasteiger partial charge on any atom is 0.358 e. The van der Waals surface area contributed by atoms with Crippen LogP contribution in [-0.2, 0) is 11.3 Å². The van der Waals surface area contributed by atoms with Gasteiger partial charge in [0.05, 0.1) is 18.8 Å². The summed E-state index contributed by atoms with van der Waals surface area (Å²) in [4.78, 5) is 10.6. The quantitative estimate of drug-likeness (QED) is 0.695. The lowest BCUT2D eigenvalue weighted by Gasteiger charge is -2.17. The number of nitrogens with zero attached hydrogens (tertiary/aromatic N) is 3. The summed E-state index contributed by atoms with van der Waals surface area (Å²) in [6, 6.07) is 0. The Morgan fingerprint density at radius 3 is 3.21 bits per heavy atom. The SMILES string of the molecule is CCC1OCCC1CNCCn1cc(C(=O)O)nn1. The lowest BCUT2D eigenvalue weighted by molar-refractivity contribution is 0.0690. The van der Waals surface area contributed by atoms with Crippen molar-refractivity contribution < 1.29 is 14.6 Å². The van der Waals surface area contributed by atoms with E-state index in [9.17, 15) is 4.79 Å². The van der Waals surface area contributed by atoms with Gasteiger partial charge in [-0.15, -0.1) is 5.10 Å². The van der Waals surface area contributed by atoms with Crippen molar-refractivity contribution >= 4 is 5.97 Å². The van der Waals surface area contributed by atoms with Gasteiger partial charge in [-0.1, -0.05) is 12.1 Å². The molecule has 2 heterocycles. The molecule has 0 radical (unpaired) electrons. The molecule has 7 nitrogen and oxygen atoms in total. The van der Waals surface area contributed by atoms with Crippen LogP contribution in [0.25, 0.3) is 0 Å². The molecular formula is C12H20N4O3. The van der Waals surface area contributed by atoms with E-state index in [2.05, 4.69) is 22.6 Å². The Morgan fingerprint density at radius 1 is 1.68 bits per heavy atom. The second kappa shape index (κ2) is 6.63. The maximum atomic E-state index is 10.6. The van der Waals surface area contributed by atoms with E-state index < -0.39 is 5.97 Å². The average Bonchev–Trinajstić information content (AvgIpc) is 3.03. The summed E-state index contributed by atoms with van der Waals surface area (Å²) in [5.74, 6) is -0.469. The molecule has 1 aromatic rings. The molecule has 0 bridgehead atoms. The highest BCUT2D eigenvalue weighted by atomic mass is 16.5. The molecule has 1 aliphatic rings. The Balaban J connectivity index is 1.67. The molecule has 0 aromatic carbocycles. The van der Waals surface area contributed by atoms with E-state index in [1.54, 1.807) is 4.68 Å². The third-order valence-electron chi connectivity index (χ3n) is 3.43. The molecule has 2 N–H and O–H groups in total. The van der Waals surface area contributed by atoms with E-state index in [-0.39, 0.29) is 5.69 Å². The Kier molecular flexibility index (Phi) is 4.86. The number of ether oxygens (including phenoxy) is 1. The van der Waals surface area contributed by atoms with Gasteiger partial charge in [0.15, 0.2) is 5.69 Å². The third kappa shape index (κ3) is 3.74. The highest BCUT2D eigenvalue weighted by molar-refractivity contribution is 5.84. The summed E-state index contributed by atoms with van der Waals surface area (Å²) < 4.78 is 7.17. The minimum absolute atomic E-state index is 0.0183. The number of carboxylic acids is 1. The molecule has 7 heteroatoms. The van der Waals surface area contributed by atoms with Gasteiger partial charge in [-0.25, -0.2) is 4.79 Å². The van der Waals surface area contributed by atoms with Crippen LogP contribution in [-0.4, -0.2) is 51.9 Å². The molecule has 1 aliphatic heterocycles. The van der Waals surface area contributed by atoms with Gasteiger partial charge in [-0.05, 0) is 18.8 Å². The molecule has 2 rings (SSSR count). The second-order valence-corrected chi connectivity index (χ2v) is 4.74. The first-order valence-electron chi connectivity index (χ1n) is 6.66. The van der Waals surface area contributed by atoms with Crippen molar-refractivity contribution in [1.82, 2.24) is 20.3 Å². The standard InChI is InChI=1S/C12H20N4O3/c1-2-11-9(3-6-19-11)7-13-4-5-16-8-10(12(17)18)14-15-16/h8-9,11,13H,2-7H2,1H3,(H,17,18). The topological polar surface area (TPSA) is 89.3 Å². The van der Waals surface area contributed by atoms with Crippen molar-refractivity contribution in [3.63, 3.8) is 0 Å². The van der Waals surface area contributed by atoms with Crippen molar-refractivity contribution in [3.8, 4) is 0 Å². The Hall–Kier alpha value is -1.47. The third-order valence-corrected chi connectivity index (χ3v) is 3.43. The van der Waals surface area contributed by atoms with Crippen LogP contribution in [0.4, 0.5) is 0 Å². The second-order valence-electron chi connectivity index (χ2n) is 4.74. The van der Waals surface area contributed by atoms with Gasteiger partial charge >= 0.3 is 5.97 Å². The first kappa shape index (κ1) is 14.0. The average molecular weight is 268 g/mol. The van der Waals surface area contributed by atoms with Crippen LogP contribution in [0.15, 0.2) is 6.20 Å². The smallest absolute Gasteiger partial charge is 0.358 e. The zero-order chi connectivity index (χ0) is 13.7.